The Kier molecular flexibility index (Phi) is 6.87. The van der Waals surface area contributed by atoms with E-state index < -0.39 is 11.9 Å². The summed E-state index contributed by atoms with van der Waals surface area (Å²) >= 11 is 0. The number of carbonyl (C=O) groups excluding carboxylic acids is 3. The van der Waals surface area contributed by atoms with Gasteiger partial charge >= 0.3 is 6.03 Å². The van der Waals surface area contributed by atoms with E-state index in [4.69, 9.17) is 0 Å². The second-order valence-electron chi connectivity index (χ2n) is 5.93. The average Bonchev–Trinajstić information content (AvgIpc) is 2.59. The van der Waals surface area contributed by atoms with Crippen molar-refractivity contribution < 1.29 is 19.3 Å². The molecule has 26 heavy (non-hydrogen) atoms. The number of likely N-dealkylation sites (N-methyl/N-ethyl adjacent to an activating group) is 1. The Balaban J connectivity index is 1.86. The summed E-state index contributed by atoms with van der Waals surface area (Å²) in [5, 5.41) is 9.52. The summed E-state index contributed by atoms with van der Waals surface area (Å²) in [4.78, 5) is 36.1. The smallest absolute Gasteiger partial charge is 0.321 e. The van der Waals surface area contributed by atoms with E-state index in [1.54, 1.807) is 7.05 Å². The van der Waals surface area contributed by atoms with Gasteiger partial charge in [-0.25, -0.2) is 4.79 Å². The maximum atomic E-state index is 12.3. The predicted molar refractivity (Wildman–Crippen MR) is 101 cm³/mol. The summed E-state index contributed by atoms with van der Waals surface area (Å²) in [5.41, 5.74) is 0.731. The summed E-state index contributed by atoms with van der Waals surface area (Å²) in [5.74, 6) is -0.662. The Hall–Kier alpha value is -3.19. The highest BCUT2D eigenvalue weighted by molar-refractivity contribution is 6.02. The first-order chi connectivity index (χ1) is 12.5. The number of amides is 4. The van der Waals surface area contributed by atoms with Crippen molar-refractivity contribution in [1.29, 1.82) is 0 Å². The molecule has 7 nitrogen and oxygen atoms in total. The van der Waals surface area contributed by atoms with Crippen LogP contribution in [-0.2, 0) is 9.59 Å². The number of imide groups is 1. The van der Waals surface area contributed by atoms with E-state index in [2.05, 4.69) is 22.5 Å². The van der Waals surface area contributed by atoms with Crippen LogP contribution in [0.25, 0.3) is 10.8 Å². The third-order valence-corrected chi connectivity index (χ3v) is 3.65. The largest absolute Gasteiger partial charge is 0.334 e. The molecule has 7 heteroatoms. The fraction of sp³-hybridized carbons (Fsp3) is 0.211. The predicted octanol–water partition coefficient (Wildman–Crippen LogP) is 0.305. The number of hydrogen-bond acceptors (Lipinski definition) is 3. The highest BCUT2D eigenvalue weighted by atomic mass is 16.2. The molecular formula is C19H23N4O3+. The second kappa shape index (κ2) is 9.33. The van der Waals surface area contributed by atoms with Crippen molar-refractivity contribution in [3.05, 3.63) is 55.1 Å². The summed E-state index contributed by atoms with van der Waals surface area (Å²) in [6.45, 7) is 3.85. The lowest BCUT2D eigenvalue weighted by Gasteiger charge is -2.14. The molecule has 0 saturated heterocycles. The number of carbonyl (C=O) groups is 3. The summed E-state index contributed by atoms with van der Waals surface area (Å²) < 4.78 is 0. The van der Waals surface area contributed by atoms with Gasteiger partial charge in [0.1, 0.15) is 0 Å². The molecule has 0 spiro atoms. The Bertz CT molecular complexity index is 814. The molecule has 4 N–H and O–H groups in total. The summed E-state index contributed by atoms with van der Waals surface area (Å²) in [7, 11) is 1.71. The van der Waals surface area contributed by atoms with Crippen LogP contribution in [0.15, 0.2) is 55.1 Å². The van der Waals surface area contributed by atoms with E-state index >= 15 is 0 Å². The molecule has 0 saturated carbocycles. The van der Waals surface area contributed by atoms with Gasteiger partial charge in [0.05, 0.1) is 7.05 Å². The molecule has 2 aromatic rings. The molecule has 2 rings (SSSR count). The number of hydrogen-bond donors (Lipinski definition) is 4. The first-order valence-electron chi connectivity index (χ1n) is 8.27. The second-order valence-corrected chi connectivity index (χ2v) is 5.93. The molecule has 0 bridgehead atoms. The van der Waals surface area contributed by atoms with Crippen LogP contribution in [0.3, 0.4) is 0 Å². The van der Waals surface area contributed by atoms with Crippen molar-refractivity contribution in [1.82, 2.24) is 10.6 Å². The zero-order valence-corrected chi connectivity index (χ0v) is 14.7. The fourth-order valence-corrected chi connectivity index (χ4v) is 2.52. The number of anilines is 1. The highest BCUT2D eigenvalue weighted by Crippen LogP contribution is 2.22. The molecule has 0 aromatic heterocycles. The van der Waals surface area contributed by atoms with E-state index in [9.17, 15) is 14.4 Å². The lowest BCUT2D eigenvalue weighted by Crippen LogP contribution is -3.11. The van der Waals surface area contributed by atoms with Gasteiger partial charge in [-0.2, -0.15) is 0 Å². The zero-order chi connectivity index (χ0) is 18.9. The first kappa shape index (κ1) is 19.1. The number of nitrogens with one attached hydrogen (secondary N) is 4. The van der Waals surface area contributed by atoms with Crippen LogP contribution in [0.4, 0.5) is 10.5 Å². The van der Waals surface area contributed by atoms with Crippen molar-refractivity contribution in [3.8, 4) is 0 Å². The molecule has 0 aliphatic heterocycles. The molecule has 0 aliphatic carbocycles. The van der Waals surface area contributed by atoms with Gasteiger partial charge in [-0.05, 0) is 11.5 Å². The van der Waals surface area contributed by atoms with E-state index in [0.717, 1.165) is 16.5 Å². The standard InChI is InChI=1S/C19H22N4O3/c1-3-11-20-19(26)22-18(25)13-23(2)12-17(24)21-16-10-6-8-14-7-4-5-9-15(14)16/h3-10H,1,11-13H2,2H3,(H,21,24)(H2,20,22,25,26)/p+1. The minimum atomic E-state index is -0.581. The molecule has 136 valence electrons. The minimum absolute atomic E-state index is 0.00443. The molecule has 0 radical (unpaired) electrons. The van der Waals surface area contributed by atoms with Crippen molar-refractivity contribution in [3.63, 3.8) is 0 Å². The number of quaternary nitrogens is 1. The van der Waals surface area contributed by atoms with Gasteiger partial charge < -0.3 is 15.5 Å². The van der Waals surface area contributed by atoms with E-state index in [1.165, 1.54) is 6.08 Å². The van der Waals surface area contributed by atoms with E-state index in [-0.39, 0.29) is 25.5 Å². The van der Waals surface area contributed by atoms with Gasteiger partial charge in [0.25, 0.3) is 11.8 Å². The third kappa shape index (κ3) is 5.71. The first-order valence-corrected chi connectivity index (χ1v) is 8.27. The van der Waals surface area contributed by atoms with E-state index in [0.29, 0.717) is 4.90 Å². The Labute approximate surface area is 152 Å². The van der Waals surface area contributed by atoms with Crippen molar-refractivity contribution in [2.75, 3.05) is 32.0 Å². The SMILES string of the molecule is C=CCNC(=O)NC(=O)C[NH+](C)CC(=O)Nc1cccc2ccccc12. The Morgan fingerprint density at radius 2 is 1.73 bits per heavy atom. The molecule has 0 aliphatic rings. The molecule has 2 aromatic carbocycles. The van der Waals surface area contributed by atoms with Gasteiger partial charge in [0, 0.05) is 17.6 Å². The number of rotatable bonds is 7. The maximum absolute atomic E-state index is 12.3. The van der Waals surface area contributed by atoms with Crippen molar-refractivity contribution in [2.24, 2.45) is 0 Å². The zero-order valence-electron chi connectivity index (χ0n) is 14.7. The fourth-order valence-electron chi connectivity index (χ4n) is 2.52. The van der Waals surface area contributed by atoms with Gasteiger partial charge in [-0.1, -0.05) is 42.5 Å². The molecule has 1 unspecified atom stereocenters. The lowest BCUT2D eigenvalue weighted by molar-refractivity contribution is -0.862. The number of urea groups is 1. The van der Waals surface area contributed by atoms with E-state index in [1.807, 2.05) is 42.5 Å². The Morgan fingerprint density at radius 3 is 2.50 bits per heavy atom. The van der Waals surface area contributed by atoms with Crippen LogP contribution in [-0.4, -0.2) is 44.5 Å². The number of fused-ring (bicyclic) bond motifs is 1. The number of benzene rings is 2. The maximum Gasteiger partial charge on any atom is 0.321 e. The van der Waals surface area contributed by atoms with Crippen LogP contribution in [0.5, 0.6) is 0 Å². The quantitative estimate of drug-likeness (QED) is 0.539. The lowest BCUT2D eigenvalue weighted by atomic mass is 10.1. The molecule has 0 fully saturated rings. The van der Waals surface area contributed by atoms with Gasteiger partial charge in [-0.15, -0.1) is 6.58 Å². The van der Waals surface area contributed by atoms with Gasteiger partial charge in [0.15, 0.2) is 13.1 Å². The van der Waals surface area contributed by atoms with Crippen LogP contribution in [0, 0.1) is 0 Å². The highest BCUT2D eigenvalue weighted by Gasteiger charge is 2.16. The Morgan fingerprint density at radius 1 is 1.04 bits per heavy atom. The average molecular weight is 355 g/mol. The molecule has 1 atom stereocenters. The van der Waals surface area contributed by atoms with Crippen molar-refractivity contribution >= 4 is 34.3 Å². The normalized spacial score (nSPS) is 11.4. The molecule has 0 heterocycles. The monoisotopic (exact) mass is 355 g/mol. The minimum Gasteiger partial charge on any atom is -0.334 e. The van der Waals surface area contributed by atoms with Crippen LogP contribution in [0.1, 0.15) is 0 Å². The summed E-state index contributed by atoms with van der Waals surface area (Å²) in [6, 6.07) is 12.9. The van der Waals surface area contributed by atoms with Crippen LogP contribution in [0.2, 0.25) is 0 Å². The van der Waals surface area contributed by atoms with Crippen molar-refractivity contribution in [2.45, 2.75) is 0 Å². The van der Waals surface area contributed by atoms with Gasteiger partial charge in [0.2, 0.25) is 0 Å². The summed E-state index contributed by atoms with van der Waals surface area (Å²) in [6.07, 6.45) is 1.51. The molecular weight excluding hydrogens is 332 g/mol. The van der Waals surface area contributed by atoms with Gasteiger partial charge in [-0.3, -0.25) is 14.9 Å². The van der Waals surface area contributed by atoms with Crippen LogP contribution < -0.4 is 20.9 Å². The third-order valence-electron chi connectivity index (χ3n) is 3.65. The molecule has 4 amide bonds. The topological polar surface area (TPSA) is 91.7 Å². The van der Waals surface area contributed by atoms with Crippen LogP contribution >= 0.6 is 0 Å².